The largest absolute Gasteiger partial charge is 0.352 e. The Kier molecular flexibility index (Phi) is 6.62. The van der Waals surface area contributed by atoms with E-state index in [-0.39, 0.29) is 17.9 Å². The van der Waals surface area contributed by atoms with E-state index in [1.165, 1.54) is 4.31 Å². The van der Waals surface area contributed by atoms with Crippen molar-refractivity contribution in [1.82, 2.24) is 5.32 Å². The fourth-order valence-electron chi connectivity index (χ4n) is 2.31. The van der Waals surface area contributed by atoms with Gasteiger partial charge in [-0.15, -0.1) is 0 Å². The lowest BCUT2D eigenvalue weighted by molar-refractivity contribution is -0.123. The molecule has 0 radical (unpaired) electrons. The molecule has 0 aromatic heterocycles. The summed E-state index contributed by atoms with van der Waals surface area (Å²) in [6.45, 7) is 9.67. The van der Waals surface area contributed by atoms with Gasteiger partial charge in [0.25, 0.3) is 0 Å². The number of rotatable bonds is 7. The van der Waals surface area contributed by atoms with Gasteiger partial charge in [-0.05, 0) is 43.9 Å². The molecule has 1 aromatic rings. The number of carbonyl (C=O) groups is 1. The molecule has 0 fully saturated rings. The van der Waals surface area contributed by atoms with E-state index < -0.39 is 16.1 Å². The van der Waals surface area contributed by atoms with Gasteiger partial charge in [0, 0.05) is 6.04 Å². The van der Waals surface area contributed by atoms with Gasteiger partial charge in [-0.3, -0.25) is 9.10 Å². The lowest BCUT2D eigenvalue weighted by atomic mass is 10.1. The molecule has 1 amide bonds. The van der Waals surface area contributed by atoms with Crippen molar-refractivity contribution in [3.8, 4) is 0 Å². The summed E-state index contributed by atoms with van der Waals surface area (Å²) in [4.78, 5) is 12.6. The average Bonchev–Trinajstić information content (AvgIpc) is 2.42. The van der Waals surface area contributed by atoms with Crippen LogP contribution in [0.2, 0.25) is 0 Å². The lowest BCUT2D eigenvalue weighted by Crippen LogP contribution is -2.52. The predicted octanol–water partition coefficient (Wildman–Crippen LogP) is 2.70. The van der Waals surface area contributed by atoms with Crippen molar-refractivity contribution in [2.75, 3.05) is 10.6 Å². The Hall–Kier alpha value is -1.56. The maximum atomic E-state index is 12.6. The van der Waals surface area contributed by atoms with Gasteiger partial charge in [-0.1, -0.05) is 32.9 Å². The molecule has 0 saturated heterocycles. The highest BCUT2D eigenvalue weighted by atomic mass is 32.2. The van der Waals surface area contributed by atoms with Crippen molar-refractivity contribution in [1.29, 1.82) is 0 Å². The smallest absolute Gasteiger partial charge is 0.244 e. The Balaban J connectivity index is 3.21. The number of hydrogen-bond donors (Lipinski definition) is 1. The number of nitrogens with one attached hydrogen (secondary N) is 1. The maximum absolute atomic E-state index is 12.6. The molecule has 0 aliphatic heterocycles. The summed E-state index contributed by atoms with van der Waals surface area (Å²) in [7, 11) is -3.57. The minimum absolute atomic E-state index is 0.0181. The number of amides is 1. The molecule has 0 saturated carbocycles. The number of anilines is 1. The zero-order chi connectivity index (χ0) is 17.8. The molecular weight excluding hydrogens is 312 g/mol. The second kappa shape index (κ2) is 7.81. The summed E-state index contributed by atoms with van der Waals surface area (Å²) in [5.41, 5.74) is 1.47. The second-order valence-corrected chi connectivity index (χ2v) is 8.22. The molecule has 0 aliphatic rings. The van der Waals surface area contributed by atoms with Gasteiger partial charge in [-0.25, -0.2) is 8.42 Å². The summed E-state index contributed by atoms with van der Waals surface area (Å²) < 4.78 is 25.9. The first kappa shape index (κ1) is 19.5. The summed E-state index contributed by atoms with van der Waals surface area (Å²) in [6, 6.07) is 6.41. The highest BCUT2D eigenvalue weighted by Gasteiger charge is 2.32. The second-order valence-electron chi connectivity index (χ2n) is 6.36. The van der Waals surface area contributed by atoms with Crippen LogP contribution in [0, 0.1) is 12.8 Å². The number of sulfonamides is 1. The summed E-state index contributed by atoms with van der Waals surface area (Å²) in [5, 5.41) is 2.92. The Morgan fingerprint density at radius 1 is 1.26 bits per heavy atom. The first-order valence-corrected chi connectivity index (χ1v) is 9.79. The lowest BCUT2D eigenvalue weighted by Gasteiger charge is -2.31. The van der Waals surface area contributed by atoms with Gasteiger partial charge < -0.3 is 5.32 Å². The predicted molar refractivity (Wildman–Crippen MR) is 95.0 cm³/mol. The van der Waals surface area contributed by atoms with Gasteiger partial charge >= 0.3 is 0 Å². The Morgan fingerprint density at radius 3 is 2.30 bits per heavy atom. The molecule has 1 rings (SSSR count). The number of nitrogens with zero attached hydrogens (tertiary/aromatic N) is 1. The van der Waals surface area contributed by atoms with E-state index in [4.69, 9.17) is 0 Å². The summed E-state index contributed by atoms with van der Waals surface area (Å²) in [6.07, 6.45) is 1.54. The van der Waals surface area contributed by atoms with Crippen LogP contribution >= 0.6 is 0 Å². The van der Waals surface area contributed by atoms with Crippen LogP contribution in [0.1, 0.15) is 39.7 Å². The molecule has 0 unspecified atom stereocenters. The summed E-state index contributed by atoms with van der Waals surface area (Å²) >= 11 is 0. The molecular formula is C17H28N2O3S. The van der Waals surface area contributed by atoms with E-state index in [0.29, 0.717) is 12.1 Å². The van der Waals surface area contributed by atoms with E-state index in [2.05, 4.69) is 5.32 Å². The molecule has 5 nitrogen and oxygen atoms in total. The first-order chi connectivity index (χ1) is 10.6. The number of carbonyl (C=O) groups excluding carboxylic acids is 1. The van der Waals surface area contributed by atoms with Gasteiger partial charge in [-0.2, -0.15) is 0 Å². The minimum Gasteiger partial charge on any atom is -0.352 e. The van der Waals surface area contributed by atoms with E-state index in [1.807, 2.05) is 40.7 Å². The van der Waals surface area contributed by atoms with Gasteiger partial charge in [0.1, 0.15) is 6.04 Å². The van der Waals surface area contributed by atoms with E-state index in [1.54, 1.807) is 18.2 Å². The molecule has 0 bridgehead atoms. The molecule has 2 atom stereocenters. The van der Waals surface area contributed by atoms with Gasteiger partial charge in [0.15, 0.2) is 0 Å². The third kappa shape index (κ3) is 5.23. The maximum Gasteiger partial charge on any atom is 0.244 e. The topological polar surface area (TPSA) is 66.5 Å². The normalized spacial score (nSPS) is 14.4. The Labute approximate surface area is 140 Å². The highest BCUT2D eigenvalue weighted by molar-refractivity contribution is 7.92. The molecule has 0 spiro atoms. The molecule has 1 N–H and O–H groups in total. The summed E-state index contributed by atoms with van der Waals surface area (Å²) in [5.74, 6) is 0.0164. The van der Waals surface area contributed by atoms with Crippen molar-refractivity contribution in [3.63, 3.8) is 0 Å². The van der Waals surface area contributed by atoms with Crippen molar-refractivity contribution >= 4 is 21.6 Å². The SMILES string of the molecule is CC[C@@H](C(=O)N[C@H](C)C(C)C)N(c1cccc(C)c1)S(C)(=O)=O. The third-order valence-electron chi connectivity index (χ3n) is 3.96. The zero-order valence-corrected chi connectivity index (χ0v) is 15.6. The van der Waals surface area contributed by atoms with E-state index in [9.17, 15) is 13.2 Å². The zero-order valence-electron chi connectivity index (χ0n) is 14.8. The van der Waals surface area contributed by atoms with Crippen LogP contribution in [0.5, 0.6) is 0 Å². The molecule has 1 aromatic carbocycles. The number of hydrogen-bond acceptors (Lipinski definition) is 3. The average molecular weight is 340 g/mol. The Morgan fingerprint density at radius 2 is 1.87 bits per heavy atom. The van der Waals surface area contributed by atoms with Crippen LogP contribution in [-0.2, 0) is 14.8 Å². The fourth-order valence-corrected chi connectivity index (χ4v) is 3.52. The molecule has 6 heteroatoms. The van der Waals surface area contributed by atoms with Crippen LogP contribution in [0.4, 0.5) is 5.69 Å². The number of benzene rings is 1. The van der Waals surface area contributed by atoms with Crippen LogP contribution in [0.25, 0.3) is 0 Å². The first-order valence-electron chi connectivity index (χ1n) is 7.94. The van der Waals surface area contributed by atoms with Crippen LogP contribution < -0.4 is 9.62 Å². The molecule has 0 aliphatic carbocycles. The Bertz CT molecular complexity index is 641. The quantitative estimate of drug-likeness (QED) is 0.830. The molecule has 23 heavy (non-hydrogen) atoms. The van der Waals surface area contributed by atoms with Gasteiger partial charge in [0.05, 0.1) is 11.9 Å². The minimum atomic E-state index is -3.57. The number of aryl methyl sites for hydroxylation is 1. The van der Waals surface area contributed by atoms with Gasteiger partial charge in [0.2, 0.25) is 15.9 Å². The van der Waals surface area contributed by atoms with Crippen LogP contribution in [0.3, 0.4) is 0 Å². The monoisotopic (exact) mass is 340 g/mol. The van der Waals surface area contributed by atoms with Crippen molar-refractivity contribution in [3.05, 3.63) is 29.8 Å². The van der Waals surface area contributed by atoms with E-state index >= 15 is 0 Å². The standard InChI is InChI=1S/C17H28N2O3S/c1-7-16(17(20)18-14(5)12(2)3)19(23(6,21)22)15-10-8-9-13(4)11-15/h8-12,14,16H,7H2,1-6H3,(H,18,20)/t14-,16+/m1/s1. The van der Waals surface area contributed by atoms with Crippen molar-refractivity contribution < 1.29 is 13.2 Å². The fraction of sp³-hybridized carbons (Fsp3) is 0.588. The van der Waals surface area contributed by atoms with Crippen molar-refractivity contribution in [2.24, 2.45) is 5.92 Å². The van der Waals surface area contributed by atoms with Crippen molar-refractivity contribution in [2.45, 2.75) is 53.1 Å². The molecule has 0 heterocycles. The van der Waals surface area contributed by atoms with Crippen LogP contribution in [-0.4, -0.2) is 32.7 Å². The highest BCUT2D eigenvalue weighted by Crippen LogP contribution is 2.23. The molecule has 130 valence electrons. The van der Waals surface area contributed by atoms with Crippen LogP contribution in [0.15, 0.2) is 24.3 Å². The van der Waals surface area contributed by atoms with E-state index in [0.717, 1.165) is 11.8 Å². The third-order valence-corrected chi connectivity index (χ3v) is 5.14.